The number of hydrogen-bond donors (Lipinski definition) is 1. The molecule has 2 heterocycles. The molecule has 3 aromatic rings. The molecule has 1 N–H and O–H groups in total. The minimum atomic E-state index is -3.58. The van der Waals surface area contributed by atoms with Crippen LogP contribution < -0.4 is 4.72 Å². The second kappa shape index (κ2) is 6.87. The molecule has 0 atom stereocenters. The van der Waals surface area contributed by atoms with E-state index in [4.69, 9.17) is 0 Å². The number of hydrogen-bond acceptors (Lipinski definition) is 6. The molecule has 0 aliphatic carbocycles. The van der Waals surface area contributed by atoms with E-state index in [9.17, 15) is 8.42 Å². The van der Waals surface area contributed by atoms with Crippen LogP contribution in [0.25, 0.3) is 10.6 Å². The van der Waals surface area contributed by atoms with Crippen LogP contribution in [-0.2, 0) is 10.0 Å². The third kappa shape index (κ3) is 3.66. The summed E-state index contributed by atoms with van der Waals surface area (Å²) in [6.45, 7) is 3.97. The number of aryl methyl sites for hydroxylation is 2. The zero-order valence-electron chi connectivity index (χ0n) is 13.4. The molecule has 0 aliphatic rings. The van der Waals surface area contributed by atoms with Crippen molar-refractivity contribution < 1.29 is 8.42 Å². The third-order valence-electron chi connectivity index (χ3n) is 3.46. The number of nitrogens with zero attached hydrogens (tertiary/aromatic N) is 1. The molecular weight excluding hydrogens is 380 g/mol. The van der Waals surface area contributed by atoms with Crippen molar-refractivity contribution in [3.8, 4) is 10.6 Å². The first-order chi connectivity index (χ1) is 11.4. The second-order valence-electron chi connectivity index (χ2n) is 5.15. The van der Waals surface area contributed by atoms with Crippen LogP contribution in [0.3, 0.4) is 0 Å². The summed E-state index contributed by atoms with van der Waals surface area (Å²) in [6, 6.07) is 9.00. The highest BCUT2D eigenvalue weighted by atomic mass is 32.2. The van der Waals surface area contributed by atoms with E-state index in [0.717, 1.165) is 26.0 Å². The predicted molar refractivity (Wildman–Crippen MR) is 104 cm³/mol. The summed E-state index contributed by atoms with van der Waals surface area (Å²) >= 11 is 4.40. The summed E-state index contributed by atoms with van der Waals surface area (Å²) in [6.07, 6.45) is 1.98. The van der Waals surface area contributed by atoms with Gasteiger partial charge in [0.25, 0.3) is 10.0 Å². The highest BCUT2D eigenvalue weighted by molar-refractivity contribution is 7.98. The first kappa shape index (κ1) is 17.5. The average Bonchev–Trinajstić information content (AvgIpc) is 3.16. The van der Waals surface area contributed by atoms with Crippen molar-refractivity contribution in [1.29, 1.82) is 0 Å². The highest BCUT2D eigenvalue weighted by Gasteiger charge is 2.19. The summed E-state index contributed by atoms with van der Waals surface area (Å²) in [5.41, 5.74) is 2.39. The smallest absolute Gasteiger partial charge is 0.271 e. The quantitative estimate of drug-likeness (QED) is 0.616. The van der Waals surface area contributed by atoms with Crippen LogP contribution in [0.4, 0.5) is 5.69 Å². The van der Waals surface area contributed by atoms with Crippen LogP contribution in [0.15, 0.2) is 44.8 Å². The topological polar surface area (TPSA) is 59.1 Å². The normalized spacial score (nSPS) is 11.6. The van der Waals surface area contributed by atoms with E-state index in [1.807, 2.05) is 37.6 Å². The summed E-state index contributed by atoms with van der Waals surface area (Å²) in [5, 5.41) is 2.69. The molecule has 0 saturated carbocycles. The first-order valence-corrected chi connectivity index (χ1v) is 11.5. The molecule has 0 unspecified atom stereocenters. The van der Waals surface area contributed by atoms with Gasteiger partial charge in [-0.2, -0.15) is 0 Å². The molecule has 1 aromatic carbocycles. The molecular formula is C16H16N2O2S4. The Hall–Kier alpha value is -1.35. The zero-order chi connectivity index (χ0) is 17.3. The standard InChI is InChI=1S/C16H16N2O2S4/c1-10-11(2)23-16(17-10)12-8-15(22-9-12)24(19,20)18-13-4-6-14(21-3)7-5-13/h4-9,18H,1-3H3. The molecule has 4 nitrogen and oxygen atoms in total. The van der Waals surface area contributed by atoms with Gasteiger partial charge in [0.1, 0.15) is 9.22 Å². The zero-order valence-corrected chi connectivity index (χ0v) is 16.6. The van der Waals surface area contributed by atoms with Gasteiger partial charge in [-0.3, -0.25) is 4.72 Å². The molecule has 0 saturated heterocycles. The number of rotatable bonds is 5. The van der Waals surface area contributed by atoms with E-state index in [1.54, 1.807) is 41.3 Å². The van der Waals surface area contributed by atoms with Gasteiger partial charge in [-0.05, 0) is 50.4 Å². The van der Waals surface area contributed by atoms with Crippen molar-refractivity contribution in [2.75, 3.05) is 11.0 Å². The van der Waals surface area contributed by atoms with Crippen LogP contribution in [0.2, 0.25) is 0 Å². The molecule has 0 bridgehead atoms. The van der Waals surface area contributed by atoms with Gasteiger partial charge >= 0.3 is 0 Å². The summed E-state index contributed by atoms with van der Waals surface area (Å²) in [4.78, 5) is 6.72. The van der Waals surface area contributed by atoms with Crippen molar-refractivity contribution in [2.45, 2.75) is 23.0 Å². The number of benzene rings is 1. The largest absolute Gasteiger partial charge is 0.279 e. The van der Waals surface area contributed by atoms with Gasteiger partial charge in [-0.1, -0.05) is 0 Å². The minimum Gasteiger partial charge on any atom is -0.279 e. The van der Waals surface area contributed by atoms with Gasteiger partial charge in [-0.15, -0.1) is 34.4 Å². The fraction of sp³-hybridized carbons (Fsp3) is 0.188. The predicted octanol–water partition coefficient (Wildman–Crippen LogP) is 5.01. The molecule has 3 rings (SSSR count). The Balaban J connectivity index is 1.84. The fourth-order valence-corrected chi connectivity index (χ4v) is 5.64. The number of anilines is 1. The number of thiazole rings is 1. The van der Waals surface area contributed by atoms with Crippen molar-refractivity contribution in [1.82, 2.24) is 4.98 Å². The lowest BCUT2D eigenvalue weighted by Gasteiger charge is -2.06. The Labute approximate surface area is 154 Å². The van der Waals surface area contributed by atoms with E-state index in [0.29, 0.717) is 5.69 Å². The molecule has 0 fully saturated rings. The molecule has 24 heavy (non-hydrogen) atoms. The van der Waals surface area contributed by atoms with E-state index in [2.05, 4.69) is 9.71 Å². The molecule has 0 amide bonds. The SMILES string of the molecule is CSc1ccc(NS(=O)(=O)c2cc(-c3nc(C)c(C)s3)cs2)cc1. The van der Waals surface area contributed by atoms with Gasteiger partial charge in [0.2, 0.25) is 0 Å². The number of nitrogens with one attached hydrogen (secondary N) is 1. The lowest BCUT2D eigenvalue weighted by molar-refractivity contribution is 0.603. The van der Waals surface area contributed by atoms with Crippen LogP contribution >= 0.6 is 34.4 Å². The van der Waals surface area contributed by atoms with E-state index < -0.39 is 10.0 Å². The molecule has 0 radical (unpaired) electrons. The molecule has 126 valence electrons. The Morgan fingerprint density at radius 2 is 1.88 bits per heavy atom. The maximum atomic E-state index is 12.5. The summed E-state index contributed by atoms with van der Waals surface area (Å²) < 4.78 is 28.0. The number of thioether (sulfide) groups is 1. The van der Waals surface area contributed by atoms with Crippen molar-refractivity contribution in [3.63, 3.8) is 0 Å². The maximum absolute atomic E-state index is 12.5. The number of thiophene rings is 1. The lowest BCUT2D eigenvalue weighted by Crippen LogP contribution is -2.11. The minimum absolute atomic E-state index is 0.289. The second-order valence-corrected chi connectivity index (χ2v) is 10.1. The van der Waals surface area contributed by atoms with Crippen molar-refractivity contribution >= 4 is 50.1 Å². The summed E-state index contributed by atoms with van der Waals surface area (Å²) in [7, 11) is -3.58. The van der Waals surface area contributed by atoms with E-state index >= 15 is 0 Å². The van der Waals surface area contributed by atoms with Crippen LogP contribution in [-0.4, -0.2) is 19.7 Å². The molecule has 2 aromatic heterocycles. The van der Waals surface area contributed by atoms with E-state index in [1.165, 1.54) is 11.3 Å². The van der Waals surface area contributed by atoms with Crippen LogP contribution in [0, 0.1) is 13.8 Å². The van der Waals surface area contributed by atoms with Crippen molar-refractivity contribution in [2.24, 2.45) is 0 Å². The number of aromatic nitrogens is 1. The Morgan fingerprint density at radius 3 is 2.46 bits per heavy atom. The lowest BCUT2D eigenvalue weighted by atomic mass is 10.3. The first-order valence-electron chi connectivity index (χ1n) is 7.09. The van der Waals surface area contributed by atoms with Gasteiger partial charge in [0.15, 0.2) is 0 Å². The molecule has 0 aliphatic heterocycles. The van der Waals surface area contributed by atoms with Gasteiger partial charge in [0.05, 0.1) is 5.69 Å². The Kier molecular flexibility index (Phi) is 5.00. The van der Waals surface area contributed by atoms with Crippen LogP contribution in [0.5, 0.6) is 0 Å². The van der Waals surface area contributed by atoms with Crippen molar-refractivity contribution in [3.05, 3.63) is 46.3 Å². The van der Waals surface area contributed by atoms with E-state index in [-0.39, 0.29) is 4.21 Å². The Morgan fingerprint density at radius 1 is 1.17 bits per heavy atom. The highest BCUT2D eigenvalue weighted by Crippen LogP contribution is 2.33. The third-order valence-corrected chi connectivity index (χ3v) is 8.14. The molecule has 8 heteroatoms. The average molecular weight is 397 g/mol. The van der Waals surface area contributed by atoms with Gasteiger partial charge in [-0.25, -0.2) is 13.4 Å². The summed E-state index contributed by atoms with van der Waals surface area (Å²) in [5.74, 6) is 0. The fourth-order valence-electron chi connectivity index (χ4n) is 2.03. The molecule has 0 spiro atoms. The monoisotopic (exact) mass is 396 g/mol. The van der Waals surface area contributed by atoms with Gasteiger partial charge < -0.3 is 0 Å². The van der Waals surface area contributed by atoms with Crippen LogP contribution in [0.1, 0.15) is 10.6 Å². The van der Waals surface area contributed by atoms with Gasteiger partial charge in [0, 0.05) is 26.4 Å². The maximum Gasteiger partial charge on any atom is 0.271 e. The number of sulfonamides is 1. The Bertz CT molecular complexity index is 937.